The smallest absolute Gasteiger partial charge is 0.127 e. The molecule has 110 valence electrons. The molecule has 0 spiro atoms. The summed E-state index contributed by atoms with van der Waals surface area (Å²) in [6.45, 7) is 3.44. The van der Waals surface area contributed by atoms with Crippen molar-refractivity contribution < 1.29 is 9.13 Å². The van der Waals surface area contributed by atoms with Crippen molar-refractivity contribution in [1.82, 2.24) is 5.32 Å². The fourth-order valence-corrected chi connectivity index (χ4v) is 2.87. The number of hydrogen-bond donors (Lipinski definition) is 1. The van der Waals surface area contributed by atoms with Crippen molar-refractivity contribution in [2.24, 2.45) is 0 Å². The molecule has 1 atom stereocenters. The van der Waals surface area contributed by atoms with Gasteiger partial charge in [-0.05, 0) is 42.3 Å². The highest BCUT2D eigenvalue weighted by Gasteiger charge is 2.18. The Kier molecular flexibility index (Phi) is 4.13. The largest absolute Gasteiger partial charge is 0.493 e. The molecule has 2 aromatic rings. The van der Waals surface area contributed by atoms with Gasteiger partial charge in [-0.25, -0.2) is 4.39 Å². The molecule has 0 bridgehead atoms. The van der Waals surface area contributed by atoms with Crippen molar-refractivity contribution in [3.05, 3.63) is 63.9 Å². The lowest BCUT2D eigenvalue weighted by atomic mass is 10.1. The minimum atomic E-state index is -0.216. The highest BCUT2D eigenvalue weighted by Crippen LogP contribution is 2.33. The highest BCUT2D eigenvalue weighted by molar-refractivity contribution is 6.30. The third-order valence-electron chi connectivity index (χ3n) is 3.79. The van der Waals surface area contributed by atoms with Crippen molar-refractivity contribution in [3.8, 4) is 5.75 Å². The third-order valence-corrected chi connectivity index (χ3v) is 4.01. The highest BCUT2D eigenvalue weighted by atomic mass is 35.5. The van der Waals surface area contributed by atoms with E-state index in [4.69, 9.17) is 16.3 Å². The van der Waals surface area contributed by atoms with Crippen LogP contribution in [0.25, 0.3) is 0 Å². The second-order valence-corrected chi connectivity index (χ2v) is 5.74. The topological polar surface area (TPSA) is 21.3 Å². The molecule has 2 aromatic carbocycles. The van der Waals surface area contributed by atoms with Gasteiger partial charge in [-0.15, -0.1) is 0 Å². The summed E-state index contributed by atoms with van der Waals surface area (Å²) in [7, 11) is 0. The molecule has 21 heavy (non-hydrogen) atoms. The first-order chi connectivity index (χ1) is 10.1. The van der Waals surface area contributed by atoms with E-state index in [2.05, 4.69) is 12.2 Å². The van der Waals surface area contributed by atoms with Gasteiger partial charge in [0.1, 0.15) is 11.6 Å². The summed E-state index contributed by atoms with van der Waals surface area (Å²) in [5, 5.41) is 4.17. The molecule has 1 N–H and O–H groups in total. The zero-order chi connectivity index (χ0) is 14.8. The van der Waals surface area contributed by atoms with Crippen LogP contribution < -0.4 is 10.1 Å². The van der Waals surface area contributed by atoms with Crippen LogP contribution in [0.2, 0.25) is 5.02 Å². The normalized spacial score (nSPS) is 14.6. The number of rotatable bonds is 4. The average Bonchev–Trinajstić information content (AvgIpc) is 2.93. The molecule has 0 fully saturated rings. The molecular weight excluding hydrogens is 289 g/mol. The second-order valence-electron chi connectivity index (χ2n) is 5.31. The monoisotopic (exact) mass is 305 g/mol. The molecule has 3 rings (SSSR count). The summed E-state index contributed by atoms with van der Waals surface area (Å²) >= 11 is 6.15. The van der Waals surface area contributed by atoms with E-state index in [0.717, 1.165) is 34.9 Å². The predicted molar refractivity (Wildman–Crippen MR) is 82.3 cm³/mol. The van der Waals surface area contributed by atoms with Crippen LogP contribution in [0.3, 0.4) is 0 Å². The Morgan fingerprint density at radius 3 is 2.81 bits per heavy atom. The number of halogens is 2. The van der Waals surface area contributed by atoms with Gasteiger partial charge in [0.05, 0.1) is 6.61 Å². The Morgan fingerprint density at radius 2 is 2.05 bits per heavy atom. The Bertz CT molecular complexity index is 642. The maximum absolute atomic E-state index is 12.9. The Hall–Kier alpha value is -1.58. The van der Waals surface area contributed by atoms with Crippen molar-refractivity contribution in [1.29, 1.82) is 0 Å². The van der Waals surface area contributed by atoms with Gasteiger partial charge in [0.15, 0.2) is 0 Å². The molecule has 0 amide bonds. The van der Waals surface area contributed by atoms with Crippen LogP contribution in [0.5, 0.6) is 5.75 Å². The quantitative estimate of drug-likeness (QED) is 0.911. The predicted octanol–water partition coefficient (Wildman–Crippen LogP) is 4.26. The van der Waals surface area contributed by atoms with E-state index in [1.807, 2.05) is 12.1 Å². The van der Waals surface area contributed by atoms with Crippen LogP contribution >= 0.6 is 11.6 Å². The zero-order valence-corrected chi connectivity index (χ0v) is 12.6. The summed E-state index contributed by atoms with van der Waals surface area (Å²) < 4.78 is 18.6. The van der Waals surface area contributed by atoms with Gasteiger partial charge in [0.2, 0.25) is 0 Å². The van der Waals surface area contributed by atoms with E-state index in [0.29, 0.717) is 6.54 Å². The summed E-state index contributed by atoms with van der Waals surface area (Å²) in [6.07, 6.45) is 0.913. The molecule has 4 heteroatoms. The van der Waals surface area contributed by atoms with Crippen LogP contribution in [-0.4, -0.2) is 6.61 Å². The van der Waals surface area contributed by atoms with E-state index >= 15 is 0 Å². The molecule has 0 aromatic heterocycles. The minimum Gasteiger partial charge on any atom is -0.493 e. The van der Waals surface area contributed by atoms with Gasteiger partial charge in [-0.3, -0.25) is 0 Å². The number of hydrogen-bond acceptors (Lipinski definition) is 2. The molecule has 0 radical (unpaired) electrons. The van der Waals surface area contributed by atoms with Gasteiger partial charge < -0.3 is 10.1 Å². The van der Waals surface area contributed by atoms with E-state index in [-0.39, 0.29) is 11.9 Å². The molecular formula is C17H17ClFNO. The van der Waals surface area contributed by atoms with Crippen LogP contribution in [0, 0.1) is 5.82 Å². The third kappa shape index (κ3) is 3.20. The van der Waals surface area contributed by atoms with Crippen LogP contribution in [-0.2, 0) is 13.0 Å². The van der Waals surface area contributed by atoms with Crippen molar-refractivity contribution in [3.63, 3.8) is 0 Å². The molecule has 0 unspecified atom stereocenters. The Morgan fingerprint density at radius 1 is 1.29 bits per heavy atom. The molecule has 0 aliphatic carbocycles. The molecule has 1 aliphatic heterocycles. The van der Waals surface area contributed by atoms with Crippen molar-refractivity contribution in [2.45, 2.75) is 25.9 Å². The first-order valence-corrected chi connectivity index (χ1v) is 7.44. The minimum absolute atomic E-state index is 0.127. The molecule has 2 nitrogen and oxygen atoms in total. The van der Waals surface area contributed by atoms with Crippen LogP contribution in [0.1, 0.15) is 29.7 Å². The lowest BCUT2D eigenvalue weighted by Crippen LogP contribution is -2.18. The number of ether oxygens (including phenoxy) is 1. The lowest BCUT2D eigenvalue weighted by molar-refractivity contribution is 0.351. The van der Waals surface area contributed by atoms with E-state index in [9.17, 15) is 4.39 Å². The molecule has 1 heterocycles. The molecule has 1 aliphatic rings. The summed E-state index contributed by atoms with van der Waals surface area (Å²) in [4.78, 5) is 0. The molecule has 0 saturated carbocycles. The maximum Gasteiger partial charge on any atom is 0.127 e. The Labute approximate surface area is 128 Å². The van der Waals surface area contributed by atoms with Crippen molar-refractivity contribution in [2.75, 3.05) is 6.61 Å². The van der Waals surface area contributed by atoms with Crippen LogP contribution in [0.15, 0.2) is 36.4 Å². The Balaban J connectivity index is 1.72. The first-order valence-electron chi connectivity index (χ1n) is 7.06. The zero-order valence-electron chi connectivity index (χ0n) is 11.8. The summed E-state index contributed by atoms with van der Waals surface area (Å²) in [5.41, 5.74) is 3.30. The summed E-state index contributed by atoms with van der Waals surface area (Å²) in [6, 6.07) is 10.6. The van der Waals surface area contributed by atoms with E-state index < -0.39 is 0 Å². The van der Waals surface area contributed by atoms with Gasteiger partial charge in [-0.2, -0.15) is 0 Å². The number of benzene rings is 2. The lowest BCUT2D eigenvalue weighted by Gasteiger charge is -2.16. The van der Waals surface area contributed by atoms with Gasteiger partial charge in [0.25, 0.3) is 0 Å². The van der Waals surface area contributed by atoms with Gasteiger partial charge >= 0.3 is 0 Å². The SMILES string of the molecule is C[C@@H](NCc1cc(Cl)cc2c1OCC2)c1ccc(F)cc1. The summed E-state index contributed by atoms with van der Waals surface area (Å²) in [5.74, 6) is 0.741. The first kappa shape index (κ1) is 14.4. The van der Waals surface area contributed by atoms with Gasteiger partial charge in [-0.1, -0.05) is 23.7 Å². The number of fused-ring (bicyclic) bond motifs is 1. The van der Waals surface area contributed by atoms with E-state index in [1.54, 1.807) is 12.1 Å². The number of nitrogens with one attached hydrogen (secondary N) is 1. The average molecular weight is 306 g/mol. The van der Waals surface area contributed by atoms with Crippen LogP contribution in [0.4, 0.5) is 4.39 Å². The molecule has 0 saturated heterocycles. The van der Waals surface area contributed by atoms with Crippen molar-refractivity contribution >= 4 is 11.6 Å². The van der Waals surface area contributed by atoms with Gasteiger partial charge in [0, 0.05) is 29.6 Å². The fourth-order valence-electron chi connectivity index (χ4n) is 2.61. The maximum atomic E-state index is 12.9. The second kappa shape index (κ2) is 6.04. The van der Waals surface area contributed by atoms with E-state index in [1.165, 1.54) is 17.7 Å². The fraction of sp³-hybridized carbons (Fsp3) is 0.294. The standard InChI is InChI=1S/C17H17ClFNO/c1-11(12-2-4-16(19)5-3-12)20-10-14-9-15(18)8-13-6-7-21-17(13)14/h2-5,8-9,11,20H,6-7,10H2,1H3/t11-/m1/s1.